The maximum atomic E-state index is 12.5. The van der Waals surface area contributed by atoms with Crippen LogP contribution in [-0.2, 0) is 17.8 Å². The van der Waals surface area contributed by atoms with Gasteiger partial charge >= 0.3 is 0 Å². The highest BCUT2D eigenvalue weighted by atomic mass is 32.1. The van der Waals surface area contributed by atoms with Crippen molar-refractivity contribution < 1.29 is 4.79 Å². The molecule has 6 heteroatoms. The molecule has 0 spiro atoms. The average Bonchev–Trinajstić information content (AvgIpc) is 3.09. The first-order valence-corrected chi connectivity index (χ1v) is 10.0. The summed E-state index contributed by atoms with van der Waals surface area (Å²) in [6, 6.07) is 4.59. The predicted octanol–water partition coefficient (Wildman–Crippen LogP) is 2.73. The molecule has 136 valence electrons. The van der Waals surface area contributed by atoms with Gasteiger partial charge in [0.15, 0.2) is 0 Å². The van der Waals surface area contributed by atoms with Crippen LogP contribution >= 0.6 is 11.3 Å². The van der Waals surface area contributed by atoms with E-state index in [9.17, 15) is 4.79 Å². The van der Waals surface area contributed by atoms with Crippen LogP contribution in [0, 0.1) is 13.8 Å². The van der Waals surface area contributed by atoms with Crippen LogP contribution in [0.4, 0.5) is 0 Å². The molecule has 25 heavy (non-hydrogen) atoms. The Bertz CT molecular complexity index is 694. The van der Waals surface area contributed by atoms with Crippen molar-refractivity contribution in [2.75, 3.05) is 26.2 Å². The lowest BCUT2D eigenvalue weighted by Crippen LogP contribution is -2.40. The zero-order valence-corrected chi connectivity index (χ0v) is 16.3. The van der Waals surface area contributed by atoms with E-state index in [1.54, 1.807) is 11.3 Å². The van der Waals surface area contributed by atoms with Crippen molar-refractivity contribution in [2.45, 2.75) is 46.2 Å². The third-order valence-corrected chi connectivity index (χ3v) is 5.71. The van der Waals surface area contributed by atoms with Gasteiger partial charge in [-0.2, -0.15) is 16.4 Å². The highest BCUT2D eigenvalue weighted by Gasteiger charge is 2.22. The molecule has 2 aromatic rings. The monoisotopic (exact) mass is 360 g/mol. The second-order valence-electron chi connectivity index (χ2n) is 7.04. The molecular weight excluding hydrogens is 332 g/mol. The minimum atomic E-state index is 0.256. The second kappa shape index (κ2) is 8.15. The fourth-order valence-corrected chi connectivity index (χ4v) is 4.20. The van der Waals surface area contributed by atoms with Crippen LogP contribution in [0.1, 0.15) is 30.3 Å². The van der Waals surface area contributed by atoms with Crippen molar-refractivity contribution in [3.63, 3.8) is 0 Å². The molecule has 0 N–H and O–H groups in total. The topological polar surface area (TPSA) is 41.4 Å². The number of thiophene rings is 1. The molecule has 1 aliphatic heterocycles. The van der Waals surface area contributed by atoms with Crippen molar-refractivity contribution in [2.24, 2.45) is 0 Å². The first-order valence-electron chi connectivity index (χ1n) is 9.07. The van der Waals surface area contributed by atoms with E-state index < -0.39 is 0 Å². The summed E-state index contributed by atoms with van der Waals surface area (Å²) in [6.07, 6.45) is 1.57. The first-order chi connectivity index (χ1) is 12.0. The van der Waals surface area contributed by atoms with E-state index in [2.05, 4.69) is 40.0 Å². The van der Waals surface area contributed by atoms with Gasteiger partial charge in [-0.05, 0) is 55.6 Å². The first kappa shape index (κ1) is 18.1. The van der Waals surface area contributed by atoms with Crippen LogP contribution in [0.3, 0.4) is 0 Å². The molecule has 3 heterocycles. The van der Waals surface area contributed by atoms with Crippen molar-refractivity contribution in [1.29, 1.82) is 0 Å². The van der Waals surface area contributed by atoms with Gasteiger partial charge in [-0.25, -0.2) is 0 Å². The Morgan fingerprint density at radius 3 is 2.80 bits per heavy atom. The number of amides is 1. The quantitative estimate of drug-likeness (QED) is 0.823. The number of aryl methyl sites for hydroxylation is 2. The third kappa shape index (κ3) is 4.70. The molecule has 1 atom stereocenters. The molecular formula is C19H28N4OS. The summed E-state index contributed by atoms with van der Waals surface area (Å²) in [6.45, 7) is 11.0. The van der Waals surface area contributed by atoms with E-state index in [0.29, 0.717) is 12.5 Å². The van der Waals surface area contributed by atoms with E-state index in [4.69, 9.17) is 0 Å². The fraction of sp³-hybridized carbons (Fsp3) is 0.579. The van der Waals surface area contributed by atoms with E-state index in [0.717, 1.165) is 50.4 Å². The van der Waals surface area contributed by atoms with E-state index >= 15 is 0 Å². The summed E-state index contributed by atoms with van der Waals surface area (Å²) in [5, 5.41) is 8.68. The van der Waals surface area contributed by atoms with Crippen LogP contribution < -0.4 is 0 Å². The Morgan fingerprint density at radius 1 is 1.28 bits per heavy atom. The van der Waals surface area contributed by atoms with Gasteiger partial charge < -0.3 is 4.90 Å². The van der Waals surface area contributed by atoms with Gasteiger partial charge in [0.05, 0.1) is 18.7 Å². The van der Waals surface area contributed by atoms with Gasteiger partial charge in [-0.15, -0.1) is 0 Å². The molecule has 1 unspecified atom stereocenters. The highest BCUT2D eigenvalue weighted by molar-refractivity contribution is 7.07. The number of carbonyl (C=O) groups excluding carboxylic acids is 1. The normalized spacial score (nSPS) is 17.5. The highest BCUT2D eigenvalue weighted by Crippen LogP contribution is 2.13. The number of carbonyl (C=O) groups is 1. The van der Waals surface area contributed by atoms with Crippen LogP contribution in [-0.4, -0.2) is 57.7 Å². The third-order valence-electron chi connectivity index (χ3n) is 4.98. The van der Waals surface area contributed by atoms with Crippen molar-refractivity contribution in [3.05, 3.63) is 39.8 Å². The van der Waals surface area contributed by atoms with Gasteiger partial charge in [0, 0.05) is 37.9 Å². The molecule has 1 fully saturated rings. The van der Waals surface area contributed by atoms with Crippen LogP contribution in [0.5, 0.6) is 0 Å². The lowest BCUT2D eigenvalue weighted by molar-refractivity contribution is -0.130. The maximum absolute atomic E-state index is 12.5. The number of aromatic nitrogens is 2. The summed E-state index contributed by atoms with van der Waals surface area (Å²) < 4.78 is 2.10. The molecule has 0 bridgehead atoms. The number of hydrogen-bond acceptors (Lipinski definition) is 4. The summed E-state index contributed by atoms with van der Waals surface area (Å²) in [5.74, 6) is 0.256. The Morgan fingerprint density at radius 2 is 2.12 bits per heavy atom. The zero-order chi connectivity index (χ0) is 17.8. The fourth-order valence-electron chi connectivity index (χ4n) is 3.53. The molecule has 2 aromatic heterocycles. The smallest absolute Gasteiger partial charge is 0.227 e. The van der Waals surface area contributed by atoms with E-state index in [1.807, 2.05) is 23.3 Å². The molecule has 3 rings (SSSR count). The van der Waals surface area contributed by atoms with Gasteiger partial charge in [-0.3, -0.25) is 14.4 Å². The van der Waals surface area contributed by atoms with E-state index in [-0.39, 0.29) is 5.91 Å². The Hall–Kier alpha value is -1.66. The Balaban J connectivity index is 1.53. The Labute approximate surface area is 154 Å². The van der Waals surface area contributed by atoms with Crippen molar-refractivity contribution in [1.82, 2.24) is 19.6 Å². The molecule has 5 nitrogen and oxygen atoms in total. The predicted molar refractivity (Wildman–Crippen MR) is 102 cm³/mol. The second-order valence-corrected chi connectivity index (χ2v) is 7.82. The van der Waals surface area contributed by atoms with Gasteiger partial charge in [0.1, 0.15) is 0 Å². The SMILES string of the molecule is Cc1cc(C)n(CC(C)N2CCCN(C(=O)Cc3ccsc3)CC2)n1. The standard InChI is InChI=1S/C19H28N4OS/c1-15-11-16(2)23(20-15)13-17(3)21-6-4-7-22(9-8-21)19(24)12-18-5-10-25-14-18/h5,10-11,14,17H,4,6-9,12-13H2,1-3H3. The minimum Gasteiger partial charge on any atom is -0.341 e. The molecule has 0 radical (unpaired) electrons. The zero-order valence-electron chi connectivity index (χ0n) is 15.4. The van der Waals surface area contributed by atoms with Crippen LogP contribution in [0.25, 0.3) is 0 Å². The lowest BCUT2D eigenvalue weighted by Gasteiger charge is -2.28. The molecule has 1 saturated heterocycles. The summed E-state index contributed by atoms with van der Waals surface area (Å²) >= 11 is 1.65. The molecule has 1 aliphatic rings. The Kier molecular flexibility index (Phi) is 5.91. The van der Waals surface area contributed by atoms with Gasteiger partial charge in [0.2, 0.25) is 5.91 Å². The largest absolute Gasteiger partial charge is 0.341 e. The number of nitrogens with zero attached hydrogens (tertiary/aromatic N) is 4. The lowest BCUT2D eigenvalue weighted by atomic mass is 10.2. The minimum absolute atomic E-state index is 0.256. The van der Waals surface area contributed by atoms with Crippen molar-refractivity contribution in [3.8, 4) is 0 Å². The summed E-state index contributed by atoms with van der Waals surface area (Å²) in [7, 11) is 0. The summed E-state index contributed by atoms with van der Waals surface area (Å²) in [5.41, 5.74) is 3.42. The van der Waals surface area contributed by atoms with Gasteiger partial charge in [0.25, 0.3) is 0 Å². The molecule has 0 aromatic carbocycles. The molecule has 0 saturated carbocycles. The van der Waals surface area contributed by atoms with Crippen molar-refractivity contribution >= 4 is 17.2 Å². The van der Waals surface area contributed by atoms with Gasteiger partial charge in [-0.1, -0.05) is 0 Å². The number of hydrogen-bond donors (Lipinski definition) is 0. The number of rotatable bonds is 5. The molecule has 0 aliphatic carbocycles. The maximum Gasteiger partial charge on any atom is 0.227 e. The van der Waals surface area contributed by atoms with Crippen LogP contribution in [0.2, 0.25) is 0 Å². The summed E-state index contributed by atoms with van der Waals surface area (Å²) in [4.78, 5) is 17.1. The van der Waals surface area contributed by atoms with E-state index in [1.165, 1.54) is 5.69 Å². The average molecular weight is 361 g/mol. The van der Waals surface area contributed by atoms with Crippen LogP contribution in [0.15, 0.2) is 22.9 Å². The molecule has 1 amide bonds.